The van der Waals surface area contributed by atoms with E-state index in [0.717, 1.165) is 57.3 Å². The minimum absolute atomic E-state index is 0.345. The molecule has 2 aromatic rings. The maximum Gasteiger partial charge on any atom is 0.407 e. The zero-order chi connectivity index (χ0) is 25.8. The number of fused-ring (bicyclic) bond motifs is 1. The standard InChI is InChI=1S/C30H45N5O2/c1-4-37-30(36)32-20-28-27(21-33-16-5-6-17-33)26-8-7-15-31-29(26)35(28)25-13-18-34(19-14-25)24-11-9-23(10-12-24)22(2)3/h7-8,15,24-25H,4-6,9-14,16-21H2,1-3H3,(H,32,36). The van der Waals surface area contributed by atoms with Crippen LogP contribution in [-0.2, 0) is 17.8 Å². The quantitative estimate of drug-likeness (QED) is 0.480. The molecular formula is C30H45N5O2. The number of allylic oxidation sites excluding steroid dienone is 2. The Morgan fingerprint density at radius 3 is 2.46 bits per heavy atom. The van der Waals surface area contributed by atoms with Crippen molar-refractivity contribution in [1.82, 2.24) is 24.7 Å². The van der Waals surface area contributed by atoms with Crippen LogP contribution in [0.5, 0.6) is 0 Å². The lowest BCUT2D eigenvalue weighted by Crippen LogP contribution is -2.43. The Labute approximate surface area is 222 Å². The second-order valence-electron chi connectivity index (χ2n) is 11.3. The lowest BCUT2D eigenvalue weighted by atomic mass is 9.86. The van der Waals surface area contributed by atoms with Crippen molar-refractivity contribution in [3.63, 3.8) is 0 Å². The number of carbonyl (C=O) groups is 1. The van der Waals surface area contributed by atoms with Crippen LogP contribution in [0.4, 0.5) is 4.79 Å². The highest BCUT2D eigenvalue weighted by atomic mass is 16.5. The first-order chi connectivity index (χ1) is 18.0. The molecule has 1 N–H and O–H groups in total. The number of pyridine rings is 1. The van der Waals surface area contributed by atoms with E-state index in [1.54, 1.807) is 5.57 Å². The maximum atomic E-state index is 12.3. The van der Waals surface area contributed by atoms with Gasteiger partial charge in [0.15, 0.2) is 0 Å². The van der Waals surface area contributed by atoms with Gasteiger partial charge in [0, 0.05) is 49.0 Å². The Bertz CT molecular complexity index is 1090. The molecule has 37 heavy (non-hydrogen) atoms. The summed E-state index contributed by atoms with van der Waals surface area (Å²) in [5.41, 5.74) is 6.81. The molecular weight excluding hydrogens is 462 g/mol. The second kappa shape index (κ2) is 12.0. The largest absolute Gasteiger partial charge is 0.450 e. The molecule has 1 amide bonds. The molecule has 4 heterocycles. The number of piperidine rings is 1. The minimum Gasteiger partial charge on any atom is -0.450 e. The molecule has 2 aromatic heterocycles. The zero-order valence-corrected chi connectivity index (χ0v) is 23.1. The average molecular weight is 508 g/mol. The lowest BCUT2D eigenvalue weighted by Gasteiger charge is -2.40. The molecule has 0 aromatic carbocycles. The molecule has 3 aliphatic rings. The van der Waals surface area contributed by atoms with E-state index in [1.807, 2.05) is 13.1 Å². The number of hydrogen-bond acceptors (Lipinski definition) is 5. The average Bonchev–Trinajstić information content (AvgIpc) is 3.54. The molecule has 7 heteroatoms. The van der Waals surface area contributed by atoms with E-state index >= 15 is 0 Å². The Morgan fingerprint density at radius 2 is 1.78 bits per heavy atom. The van der Waals surface area contributed by atoms with Crippen LogP contribution in [0.3, 0.4) is 0 Å². The van der Waals surface area contributed by atoms with Crippen molar-refractivity contribution >= 4 is 17.1 Å². The van der Waals surface area contributed by atoms with Crippen LogP contribution in [0.15, 0.2) is 29.5 Å². The normalized spacial score (nSPS) is 22.0. The van der Waals surface area contributed by atoms with Gasteiger partial charge in [-0.1, -0.05) is 11.1 Å². The van der Waals surface area contributed by atoms with Crippen molar-refractivity contribution in [2.24, 2.45) is 0 Å². The highest BCUT2D eigenvalue weighted by Crippen LogP contribution is 2.36. The Hall–Kier alpha value is -2.38. The fourth-order valence-electron chi connectivity index (χ4n) is 6.84. The number of nitrogens with one attached hydrogen (secondary N) is 1. The highest BCUT2D eigenvalue weighted by molar-refractivity contribution is 5.82. The molecule has 7 nitrogen and oxygen atoms in total. The van der Waals surface area contributed by atoms with Crippen LogP contribution >= 0.6 is 0 Å². The molecule has 0 unspecified atom stereocenters. The molecule has 1 saturated carbocycles. The first-order valence-corrected chi connectivity index (χ1v) is 14.5. The summed E-state index contributed by atoms with van der Waals surface area (Å²) in [6.07, 6.45) is 11.5. The van der Waals surface area contributed by atoms with Gasteiger partial charge in [-0.05, 0) is 103 Å². The summed E-state index contributed by atoms with van der Waals surface area (Å²) in [6.45, 7) is 12.7. The summed E-state index contributed by atoms with van der Waals surface area (Å²) < 4.78 is 7.68. The number of hydrogen-bond donors (Lipinski definition) is 1. The summed E-state index contributed by atoms with van der Waals surface area (Å²) in [6, 6.07) is 5.39. The topological polar surface area (TPSA) is 62.6 Å². The van der Waals surface area contributed by atoms with E-state index in [2.05, 4.69) is 45.7 Å². The number of aromatic nitrogens is 2. The van der Waals surface area contributed by atoms with E-state index in [9.17, 15) is 4.79 Å². The zero-order valence-electron chi connectivity index (χ0n) is 23.1. The van der Waals surface area contributed by atoms with E-state index < -0.39 is 0 Å². The molecule has 3 fully saturated rings. The molecule has 2 aliphatic heterocycles. The van der Waals surface area contributed by atoms with Crippen LogP contribution in [0.1, 0.15) is 89.4 Å². The van der Waals surface area contributed by atoms with Gasteiger partial charge in [-0.2, -0.15) is 0 Å². The molecule has 0 radical (unpaired) electrons. The molecule has 0 atom stereocenters. The third-order valence-corrected chi connectivity index (χ3v) is 8.88. The minimum atomic E-state index is -0.345. The summed E-state index contributed by atoms with van der Waals surface area (Å²) >= 11 is 0. The smallest absolute Gasteiger partial charge is 0.407 e. The third kappa shape index (κ3) is 5.88. The predicted molar refractivity (Wildman–Crippen MR) is 149 cm³/mol. The van der Waals surface area contributed by atoms with Crippen molar-refractivity contribution in [1.29, 1.82) is 0 Å². The molecule has 5 rings (SSSR count). The van der Waals surface area contributed by atoms with Crippen LogP contribution in [0, 0.1) is 0 Å². The molecule has 1 aliphatic carbocycles. The number of amides is 1. The second-order valence-corrected chi connectivity index (χ2v) is 11.3. The SMILES string of the molecule is CCOC(=O)NCc1c(CN2CCCC2)c2cccnc2n1C1CCN(C2CCC(=C(C)C)CC2)CC1. The van der Waals surface area contributed by atoms with Crippen LogP contribution in [0.2, 0.25) is 0 Å². The molecule has 0 bridgehead atoms. The van der Waals surface area contributed by atoms with Gasteiger partial charge in [0.05, 0.1) is 13.2 Å². The van der Waals surface area contributed by atoms with Crippen molar-refractivity contribution in [3.05, 3.63) is 40.7 Å². The highest BCUT2D eigenvalue weighted by Gasteiger charge is 2.31. The Balaban J connectivity index is 1.38. The van der Waals surface area contributed by atoms with Gasteiger partial charge < -0.3 is 19.5 Å². The third-order valence-electron chi connectivity index (χ3n) is 8.88. The first kappa shape index (κ1) is 26.2. The van der Waals surface area contributed by atoms with Gasteiger partial charge in [0.2, 0.25) is 0 Å². The van der Waals surface area contributed by atoms with Gasteiger partial charge in [0.1, 0.15) is 5.65 Å². The maximum absolute atomic E-state index is 12.3. The fourth-order valence-corrected chi connectivity index (χ4v) is 6.84. The van der Waals surface area contributed by atoms with Gasteiger partial charge in [-0.15, -0.1) is 0 Å². The molecule has 0 spiro atoms. The number of alkyl carbamates (subject to hydrolysis) is 1. The van der Waals surface area contributed by atoms with Gasteiger partial charge >= 0.3 is 6.09 Å². The lowest BCUT2D eigenvalue weighted by molar-refractivity contribution is 0.116. The monoisotopic (exact) mass is 507 g/mol. The summed E-state index contributed by atoms with van der Waals surface area (Å²) in [5, 5.41) is 4.27. The van der Waals surface area contributed by atoms with Crippen molar-refractivity contribution in [2.75, 3.05) is 32.8 Å². The molecule has 2 saturated heterocycles. The van der Waals surface area contributed by atoms with Gasteiger partial charge in [-0.25, -0.2) is 9.78 Å². The van der Waals surface area contributed by atoms with E-state index in [0.29, 0.717) is 19.2 Å². The van der Waals surface area contributed by atoms with E-state index in [4.69, 9.17) is 9.72 Å². The number of likely N-dealkylation sites (tertiary alicyclic amines) is 2. The van der Waals surface area contributed by atoms with Crippen LogP contribution in [-0.4, -0.2) is 64.3 Å². The van der Waals surface area contributed by atoms with Crippen molar-refractivity contribution < 1.29 is 9.53 Å². The molecule has 202 valence electrons. The number of rotatable bonds is 7. The summed E-state index contributed by atoms with van der Waals surface area (Å²) in [7, 11) is 0. The van der Waals surface area contributed by atoms with E-state index in [1.165, 1.54) is 60.7 Å². The van der Waals surface area contributed by atoms with E-state index in [-0.39, 0.29) is 6.09 Å². The predicted octanol–water partition coefficient (Wildman–Crippen LogP) is 5.79. The van der Waals surface area contributed by atoms with Gasteiger partial charge in [-0.3, -0.25) is 4.90 Å². The fraction of sp³-hybridized carbons (Fsp3) is 0.667. The summed E-state index contributed by atoms with van der Waals surface area (Å²) in [4.78, 5) is 22.5. The van der Waals surface area contributed by atoms with Crippen LogP contribution in [0.25, 0.3) is 11.0 Å². The number of nitrogens with zero attached hydrogens (tertiary/aromatic N) is 4. The Morgan fingerprint density at radius 1 is 1.05 bits per heavy atom. The Kier molecular flexibility index (Phi) is 8.50. The first-order valence-electron chi connectivity index (χ1n) is 14.5. The van der Waals surface area contributed by atoms with Crippen LogP contribution < -0.4 is 5.32 Å². The number of carbonyl (C=O) groups excluding carboxylic acids is 1. The summed E-state index contributed by atoms with van der Waals surface area (Å²) in [5.74, 6) is 0. The van der Waals surface area contributed by atoms with Crippen molar-refractivity contribution in [3.8, 4) is 0 Å². The van der Waals surface area contributed by atoms with Gasteiger partial charge in [0.25, 0.3) is 0 Å². The van der Waals surface area contributed by atoms with Crippen molar-refractivity contribution in [2.45, 2.75) is 97.3 Å². The number of ether oxygens (including phenoxy) is 1.